The summed E-state index contributed by atoms with van der Waals surface area (Å²) in [6.07, 6.45) is 1.68. The van der Waals surface area contributed by atoms with E-state index in [4.69, 9.17) is 13.9 Å². The lowest BCUT2D eigenvalue weighted by Crippen LogP contribution is -2.44. The molecule has 1 aromatic heterocycles. The maximum atomic E-state index is 13.8. The molecule has 0 amide bonds. The van der Waals surface area contributed by atoms with Crippen molar-refractivity contribution in [3.05, 3.63) is 68.9 Å². The number of allylic oxidation sites excluding steroid dienone is 3. The van der Waals surface area contributed by atoms with Crippen LogP contribution in [0.3, 0.4) is 0 Å². The SMILES string of the molecule is CCSCCOC(=O)C1=C(C)NC2=C(C(=O)[C@@H](C(=O)OC)[C@@H](C)C2)[C@@H]1c1coc2ccccc2c1=O. The van der Waals surface area contributed by atoms with Crippen molar-refractivity contribution < 1.29 is 28.3 Å². The molecule has 3 atom stereocenters. The number of methoxy groups -OCH3 is 1. The van der Waals surface area contributed by atoms with E-state index >= 15 is 0 Å². The molecule has 0 spiro atoms. The van der Waals surface area contributed by atoms with Gasteiger partial charge < -0.3 is 19.2 Å². The average Bonchev–Trinajstić information content (AvgIpc) is 2.86. The van der Waals surface area contributed by atoms with Gasteiger partial charge in [0.25, 0.3) is 0 Å². The lowest BCUT2D eigenvalue weighted by atomic mass is 9.69. The molecule has 0 unspecified atom stereocenters. The van der Waals surface area contributed by atoms with Gasteiger partial charge in [0.2, 0.25) is 0 Å². The molecule has 1 aromatic carbocycles. The van der Waals surface area contributed by atoms with Gasteiger partial charge in [-0.05, 0) is 37.1 Å². The van der Waals surface area contributed by atoms with E-state index in [1.165, 1.54) is 13.4 Å². The van der Waals surface area contributed by atoms with Gasteiger partial charge >= 0.3 is 11.9 Å². The Labute approximate surface area is 213 Å². The molecule has 0 bridgehead atoms. The molecule has 2 aliphatic rings. The van der Waals surface area contributed by atoms with Crippen LogP contribution in [0.25, 0.3) is 11.0 Å². The Morgan fingerprint density at radius 3 is 2.69 bits per heavy atom. The van der Waals surface area contributed by atoms with Crippen LogP contribution in [0.5, 0.6) is 0 Å². The highest BCUT2D eigenvalue weighted by molar-refractivity contribution is 7.99. The van der Waals surface area contributed by atoms with Gasteiger partial charge in [-0.1, -0.05) is 26.0 Å². The highest BCUT2D eigenvalue weighted by atomic mass is 32.2. The van der Waals surface area contributed by atoms with Crippen molar-refractivity contribution in [1.82, 2.24) is 5.32 Å². The number of thioether (sulfide) groups is 1. The number of carbonyl (C=O) groups is 3. The fourth-order valence-electron chi connectivity index (χ4n) is 4.97. The number of hydrogen-bond donors (Lipinski definition) is 1. The predicted molar refractivity (Wildman–Crippen MR) is 136 cm³/mol. The van der Waals surface area contributed by atoms with E-state index in [2.05, 4.69) is 5.32 Å². The molecule has 2 heterocycles. The molecular formula is C27H29NO7S. The number of Topliss-reactive ketones (excluding diaryl/α,β-unsaturated/α-hetero) is 1. The molecule has 36 heavy (non-hydrogen) atoms. The van der Waals surface area contributed by atoms with Crippen molar-refractivity contribution in [2.75, 3.05) is 25.2 Å². The van der Waals surface area contributed by atoms with E-state index in [-0.39, 0.29) is 34.7 Å². The maximum absolute atomic E-state index is 13.8. The van der Waals surface area contributed by atoms with Crippen molar-refractivity contribution in [1.29, 1.82) is 0 Å². The fourth-order valence-corrected chi connectivity index (χ4v) is 5.46. The standard InChI is InChI=1S/C27H29NO7S/c1-5-36-11-10-34-27(32)21-15(3)28-18-12-14(2)20(26(31)33-4)25(30)23(18)22(21)17-13-35-19-9-7-6-8-16(19)24(17)29/h6-9,13-14,20,22,28H,5,10-12H2,1-4H3/t14-,20-,22+/m0/s1. The van der Waals surface area contributed by atoms with Gasteiger partial charge in [-0.15, -0.1) is 0 Å². The zero-order chi connectivity index (χ0) is 26.0. The topological polar surface area (TPSA) is 112 Å². The van der Waals surface area contributed by atoms with E-state index in [0.29, 0.717) is 34.5 Å². The van der Waals surface area contributed by atoms with Gasteiger partial charge in [0.05, 0.1) is 30.3 Å². The summed E-state index contributed by atoms with van der Waals surface area (Å²) in [5.41, 5.74) is 1.62. The van der Waals surface area contributed by atoms with Crippen molar-refractivity contribution in [3.63, 3.8) is 0 Å². The van der Waals surface area contributed by atoms with Crippen LogP contribution in [0, 0.1) is 11.8 Å². The molecule has 190 valence electrons. The quantitative estimate of drug-likeness (QED) is 0.338. The summed E-state index contributed by atoms with van der Waals surface area (Å²) in [6, 6.07) is 6.79. The summed E-state index contributed by atoms with van der Waals surface area (Å²) < 4.78 is 16.2. The zero-order valence-corrected chi connectivity index (χ0v) is 21.5. The monoisotopic (exact) mass is 511 g/mol. The van der Waals surface area contributed by atoms with Crippen LogP contribution in [0.15, 0.2) is 62.3 Å². The highest BCUT2D eigenvalue weighted by Crippen LogP contribution is 2.45. The Kier molecular flexibility index (Phi) is 7.68. The van der Waals surface area contributed by atoms with E-state index in [9.17, 15) is 19.2 Å². The number of hydrogen-bond acceptors (Lipinski definition) is 9. The number of para-hydroxylation sites is 1. The molecule has 9 heteroatoms. The molecule has 0 saturated heterocycles. The minimum absolute atomic E-state index is 0.142. The predicted octanol–water partition coefficient (Wildman–Crippen LogP) is 3.70. The van der Waals surface area contributed by atoms with Crippen LogP contribution < -0.4 is 10.7 Å². The van der Waals surface area contributed by atoms with Gasteiger partial charge in [0.15, 0.2) is 11.2 Å². The summed E-state index contributed by atoms with van der Waals surface area (Å²) in [5, 5.41) is 3.53. The number of benzene rings is 1. The Bertz CT molecular complexity index is 1340. The van der Waals surface area contributed by atoms with Crippen LogP contribution in [0.1, 0.15) is 38.7 Å². The summed E-state index contributed by atoms with van der Waals surface area (Å²) in [7, 11) is 1.24. The van der Waals surface area contributed by atoms with Crippen LogP contribution >= 0.6 is 11.8 Å². The number of carbonyl (C=O) groups excluding carboxylic acids is 3. The maximum Gasteiger partial charge on any atom is 0.336 e. The van der Waals surface area contributed by atoms with Gasteiger partial charge in [-0.3, -0.25) is 14.4 Å². The fraction of sp³-hybridized carbons (Fsp3) is 0.407. The molecule has 8 nitrogen and oxygen atoms in total. The normalized spacial score (nSPS) is 21.8. The van der Waals surface area contributed by atoms with E-state index in [1.54, 1.807) is 49.9 Å². The second kappa shape index (κ2) is 10.7. The molecule has 0 fully saturated rings. The number of ether oxygens (including phenoxy) is 2. The third-order valence-corrected chi connectivity index (χ3v) is 7.51. The first-order valence-corrected chi connectivity index (χ1v) is 13.0. The van der Waals surface area contributed by atoms with Crippen molar-refractivity contribution in [2.45, 2.75) is 33.1 Å². The van der Waals surface area contributed by atoms with Crippen molar-refractivity contribution >= 4 is 40.5 Å². The molecule has 1 aliphatic carbocycles. The Morgan fingerprint density at radius 2 is 1.97 bits per heavy atom. The minimum atomic E-state index is -1.04. The number of esters is 2. The van der Waals surface area contributed by atoms with Crippen molar-refractivity contribution in [2.24, 2.45) is 11.8 Å². The first-order valence-electron chi connectivity index (χ1n) is 11.9. The Hall–Kier alpha value is -3.33. The van der Waals surface area contributed by atoms with Crippen LogP contribution in [-0.4, -0.2) is 42.9 Å². The van der Waals surface area contributed by atoms with E-state index in [1.807, 2.05) is 6.92 Å². The van der Waals surface area contributed by atoms with E-state index in [0.717, 1.165) is 5.75 Å². The summed E-state index contributed by atoms with van der Waals surface area (Å²) in [4.78, 5) is 53.3. The largest absolute Gasteiger partial charge is 0.468 e. The molecular weight excluding hydrogens is 482 g/mol. The molecule has 1 N–H and O–H groups in total. The number of rotatable bonds is 7. The first-order chi connectivity index (χ1) is 17.3. The minimum Gasteiger partial charge on any atom is -0.468 e. The third-order valence-electron chi connectivity index (χ3n) is 6.65. The molecule has 4 rings (SSSR count). The van der Waals surface area contributed by atoms with Gasteiger partial charge in [-0.25, -0.2) is 4.79 Å². The highest BCUT2D eigenvalue weighted by Gasteiger charge is 2.48. The Balaban J connectivity index is 1.88. The molecule has 0 radical (unpaired) electrons. The van der Waals surface area contributed by atoms with Gasteiger partial charge in [0.1, 0.15) is 18.1 Å². The van der Waals surface area contributed by atoms with Crippen LogP contribution in [-0.2, 0) is 23.9 Å². The second-order valence-corrected chi connectivity index (χ2v) is 10.3. The summed E-state index contributed by atoms with van der Waals surface area (Å²) in [6.45, 7) is 5.73. The van der Waals surface area contributed by atoms with Crippen molar-refractivity contribution in [3.8, 4) is 0 Å². The molecule has 1 aliphatic heterocycles. The van der Waals surface area contributed by atoms with Gasteiger partial charge in [-0.2, -0.15) is 11.8 Å². The summed E-state index contributed by atoms with van der Waals surface area (Å²) >= 11 is 1.63. The first kappa shape index (κ1) is 25.8. The number of ketones is 1. The molecule has 0 saturated carbocycles. The number of fused-ring (bicyclic) bond motifs is 1. The third kappa shape index (κ3) is 4.59. The smallest absolute Gasteiger partial charge is 0.336 e. The number of dihydropyridines is 1. The zero-order valence-electron chi connectivity index (χ0n) is 20.7. The van der Waals surface area contributed by atoms with Gasteiger partial charge in [0, 0.05) is 28.3 Å². The van der Waals surface area contributed by atoms with Crippen LogP contribution in [0.4, 0.5) is 0 Å². The lowest BCUT2D eigenvalue weighted by Gasteiger charge is -2.37. The van der Waals surface area contributed by atoms with E-state index < -0.39 is 29.6 Å². The summed E-state index contributed by atoms with van der Waals surface area (Å²) in [5.74, 6) is -2.63. The number of nitrogens with one attached hydrogen (secondary N) is 1. The Morgan fingerprint density at radius 1 is 1.22 bits per heavy atom. The molecule has 2 aromatic rings. The second-order valence-electron chi connectivity index (χ2n) is 8.88. The average molecular weight is 512 g/mol. The lowest BCUT2D eigenvalue weighted by molar-refractivity contribution is -0.151. The van der Waals surface area contributed by atoms with Crippen LogP contribution in [0.2, 0.25) is 0 Å².